The Kier molecular flexibility index (Phi) is 10.7. The molecule has 0 unspecified atom stereocenters. The van der Waals surface area contributed by atoms with Crippen LogP contribution in [-0.4, -0.2) is 75.6 Å². The first-order valence-corrected chi connectivity index (χ1v) is 12.8. The van der Waals surface area contributed by atoms with Crippen molar-refractivity contribution in [2.24, 2.45) is 0 Å². The highest BCUT2D eigenvalue weighted by Crippen LogP contribution is 2.36. The van der Waals surface area contributed by atoms with Gasteiger partial charge in [0.25, 0.3) is 0 Å². The number of hydrogen-bond donors (Lipinski definition) is 3. The van der Waals surface area contributed by atoms with E-state index in [9.17, 15) is 22.8 Å². The molecule has 13 heteroatoms. The van der Waals surface area contributed by atoms with Gasteiger partial charge in [0, 0.05) is 18.2 Å². The number of halogens is 3. The monoisotopic (exact) mass is 591 g/mol. The minimum atomic E-state index is -5.08. The molecule has 2 atom stereocenters. The Morgan fingerprint density at radius 1 is 1.14 bits per heavy atom. The molecule has 0 bridgehead atoms. The number of carbonyl (C=O) groups is 3. The second-order valence-electron chi connectivity index (χ2n) is 9.33. The van der Waals surface area contributed by atoms with Crippen LogP contribution < -0.4 is 25.0 Å². The molecule has 1 heterocycles. The molecule has 1 aliphatic heterocycles. The molecule has 4 rings (SSSR count). The topological polar surface area (TPSA) is 126 Å². The third-order valence-electron chi connectivity index (χ3n) is 6.58. The second kappa shape index (κ2) is 14.0. The number of likely N-dealkylation sites (N-methyl/N-ethyl adjacent to an activating group) is 1. The zero-order chi connectivity index (χ0) is 31.0. The highest BCUT2D eigenvalue weighted by atomic mass is 19.4. The van der Waals surface area contributed by atoms with Gasteiger partial charge in [-0.2, -0.15) is 13.2 Å². The summed E-state index contributed by atoms with van der Waals surface area (Å²) in [6.07, 6.45) is -5.08. The Hall–Kier alpha value is -4.36. The van der Waals surface area contributed by atoms with Gasteiger partial charge in [-0.3, -0.25) is 4.79 Å². The van der Waals surface area contributed by atoms with Crippen LogP contribution in [0.1, 0.15) is 22.8 Å². The summed E-state index contributed by atoms with van der Waals surface area (Å²) in [7, 11) is 4.86. The van der Waals surface area contributed by atoms with Crippen LogP contribution in [0, 0.1) is 0 Å². The SMILES string of the molecule is CN[C@@H](C)CN[C@H]1COc2ccccc2N(Cc2c(OC)ccc3cc(C(=O)OC)ccc23)C1=O.O=C(O)C(F)(F)F. The molecule has 3 aromatic rings. The Morgan fingerprint density at radius 3 is 2.45 bits per heavy atom. The van der Waals surface area contributed by atoms with Gasteiger partial charge < -0.3 is 34.9 Å². The first-order chi connectivity index (χ1) is 19.9. The van der Waals surface area contributed by atoms with Crippen molar-refractivity contribution in [2.75, 3.05) is 39.3 Å². The van der Waals surface area contributed by atoms with E-state index >= 15 is 0 Å². The number of hydrogen-bond acceptors (Lipinski definition) is 8. The molecule has 0 saturated carbocycles. The molecule has 42 heavy (non-hydrogen) atoms. The highest BCUT2D eigenvalue weighted by Gasteiger charge is 2.38. The van der Waals surface area contributed by atoms with E-state index in [-0.39, 0.29) is 25.1 Å². The molecule has 3 aromatic carbocycles. The van der Waals surface area contributed by atoms with E-state index in [0.29, 0.717) is 29.3 Å². The second-order valence-corrected chi connectivity index (χ2v) is 9.33. The summed E-state index contributed by atoms with van der Waals surface area (Å²) in [5.41, 5.74) is 2.01. The normalized spacial score (nSPS) is 15.5. The molecule has 3 N–H and O–H groups in total. The fourth-order valence-corrected chi connectivity index (χ4v) is 4.22. The summed E-state index contributed by atoms with van der Waals surface area (Å²) < 4.78 is 48.3. The summed E-state index contributed by atoms with van der Waals surface area (Å²) in [5, 5.41) is 15.4. The highest BCUT2D eigenvalue weighted by molar-refractivity contribution is 6.01. The van der Waals surface area contributed by atoms with Crippen LogP contribution in [0.3, 0.4) is 0 Å². The number of fused-ring (bicyclic) bond motifs is 2. The molecule has 0 spiro atoms. The zero-order valence-electron chi connectivity index (χ0n) is 23.4. The maximum atomic E-state index is 13.8. The Bertz CT molecular complexity index is 1430. The van der Waals surface area contributed by atoms with Crippen LogP contribution >= 0.6 is 0 Å². The third kappa shape index (κ3) is 7.68. The number of alkyl halides is 3. The van der Waals surface area contributed by atoms with Crippen LogP contribution in [0.5, 0.6) is 11.5 Å². The van der Waals surface area contributed by atoms with Gasteiger partial charge in [0.05, 0.1) is 32.0 Å². The van der Waals surface area contributed by atoms with Crippen molar-refractivity contribution >= 4 is 34.3 Å². The molecular formula is C29H32F3N3O7. The van der Waals surface area contributed by atoms with Gasteiger partial charge >= 0.3 is 18.1 Å². The molecule has 0 radical (unpaired) electrons. The molecule has 226 valence electrons. The number of nitrogens with zero attached hydrogens (tertiary/aromatic N) is 1. The van der Waals surface area contributed by atoms with Gasteiger partial charge in [0.15, 0.2) is 0 Å². The van der Waals surface area contributed by atoms with Gasteiger partial charge in [0.2, 0.25) is 5.91 Å². The predicted molar refractivity (Wildman–Crippen MR) is 149 cm³/mol. The maximum absolute atomic E-state index is 13.8. The largest absolute Gasteiger partial charge is 0.496 e. The van der Waals surface area contributed by atoms with Crippen molar-refractivity contribution in [3.8, 4) is 11.5 Å². The first kappa shape index (κ1) is 32.2. The van der Waals surface area contributed by atoms with E-state index < -0.39 is 24.2 Å². The lowest BCUT2D eigenvalue weighted by Gasteiger charge is -2.27. The number of carboxylic acids is 1. The lowest BCUT2D eigenvalue weighted by molar-refractivity contribution is -0.192. The molecule has 1 aliphatic rings. The fraction of sp³-hybridized carbons (Fsp3) is 0.345. The van der Waals surface area contributed by atoms with Crippen LogP contribution in [0.2, 0.25) is 0 Å². The Labute approximate surface area is 240 Å². The minimum absolute atomic E-state index is 0.0801. The van der Waals surface area contributed by atoms with Gasteiger partial charge in [-0.25, -0.2) is 9.59 Å². The van der Waals surface area contributed by atoms with Crippen molar-refractivity contribution < 1.29 is 46.9 Å². The fourth-order valence-electron chi connectivity index (χ4n) is 4.22. The molecule has 0 saturated heterocycles. The number of amides is 1. The van der Waals surface area contributed by atoms with Gasteiger partial charge in [0.1, 0.15) is 24.1 Å². The van der Waals surface area contributed by atoms with Crippen molar-refractivity contribution in [1.82, 2.24) is 10.6 Å². The number of carboxylic acid groups (broad SMARTS) is 1. The number of rotatable bonds is 8. The number of para-hydroxylation sites is 2. The van der Waals surface area contributed by atoms with Crippen molar-refractivity contribution in [3.05, 3.63) is 65.7 Å². The van der Waals surface area contributed by atoms with Gasteiger partial charge in [-0.15, -0.1) is 0 Å². The minimum Gasteiger partial charge on any atom is -0.496 e. The van der Waals surface area contributed by atoms with E-state index in [1.165, 1.54) is 7.11 Å². The van der Waals surface area contributed by atoms with Crippen molar-refractivity contribution in [3.63, 3.8) is 0 Å². The Balaban J connectivity index is 0.000000616. The first-order valence-electron chi connectivity index (χ1n) is 12.8. The van der Waals surface area contributed by atoms with E-state index in [1.54, 1.807) is 24.1 Å². The molecular weight excluding hydrogens is 559 g/mol. The van der Waals surface area contributed by atoms with Crippen LogP contribution in [0.15, 0.2) is 54.6 Å². The van der Waals surface area contributed by atoms with Crippen LogP contribution in [-0.2, 0) is 20.9 Å². The standard InChI is InChI=1S/C27H31N3O5.C2HF3O2/c1-17(28-2)14-29-22-16-35-25-8-6-5-7-23(25)30(26(22)31)15-21-20-11-9-19(27(32)34-4)13-18(20)10-12-24(21)33-3;3-2(4,5)1(6)7/h5-13,17,22,28-29H,14-16H2,1-4H3;(H,6,7)/t17-,22-;/m0./s1. The number of methoxy groups -OCH3 is 2. The number of benzene rings is 3. The average Bonchev–Trinajstić information content (AvgIpc) is 3.11. The van der Waals surface area contributed by atoms with E-state index in [4.69, 9.17) is 24.1 Å². The van der Waals surface area contributed by atoms with Gasteiger partial charge in [-0.1, -0.05) is 24.3 Å². The number of anilines is 1. The van der Waals surface area contributed by atoms with E-state index in [1.807, 2.05) is 56.4 Å². The van der Waals surface area contributed by atoms with E-state index in [0.717, 1.165) is 16.3 Å². The maximum Gasteiger partial charge on any atom is 0.490 e. The molecule has 0 aromatic heterocycles. The quantitative estimate of drug-likeness (QED) is 0.336. The smallest absolute Gasteiger partial charge is 0.490 e. The van der Waals surface area contributed by atoms with Crippen LogP contribution in [0.4, 0.5) is 18.9 Å². The summed E-state index contributed by atoms with van der Waals surface area (Å²) in [4.78, 5) is 36.5. The predicted octanol–water partition coefficient (Wildman–Crippen LogP) is 3.76. The number of nitrogens with one attached hydrogen (secondary N) is 2. The lowest BCUT2D eigenvalue weighted by atomic mass is 10.00. The third-order valence-corrected chi connectivity index (χ3v) is 6.58. The van der Waals surface area contributed by atoms with Crippen LogP contribution in [0.25, 0.3) is 10.8 Å². The van der Waals surface area contributed by atoms with E-state index in [2.05, 4.69) is 10.6 Å². The molecule has 1 amide bonds. The summed E-state index contributed by atoms with van der Waals surface area (Å²) in [6.45, 7) is 3.18. The molecule has 0 aliphatic carbocycles. The summed E-state index contributed by atoms with van der Waals surface area (Å²) in [5.74, 6) is -1.93. The zero-order valence-corrected chi connectivity index (χ0v) is 23.4. The number of carbonyl (C=O) groups excluding carboxylic acids is 2. The Morgan fingerprint density at radius 2 is 1.83 bits per heavy atom. The number of ether oxygens (including phenoxy) is 3. The van der Waals surface area contributed by atoms with Crippen molar-refractivity contribution in [1.29, 1.82) is 0 Å². The lowest BCUT2D eigenvalue weighted by Crippen LogP contribution is -2.51. The molecule has 0 fully saturated rings. The van der Waals surface area contributed by atoms with Gasteiger partial charge in [-0.05, 0) is 55.1 Å². The number of aliphatic carboxylic acids is 1. The molecule has 10 nitrogen and oxygen atoms in total. The summed E-state index contributed by atoms with van der Waals surface area (Å²) in [6, 6.07) is 16.4. The van der Waals surface area contributed by atoms with Crippen molar-refractivity contribution in [2.45, 2.75) is 31.7 Å². The number of esters is 1. The summed E-state index contributed by atoms with van der Waals surface area (Å²) >= 11 is 0. The average molecular weight is 592 g/mol.